The number of halogens is 4. The van der Waals surface area contributed by atoms with Gasteiger partial charge in [-0.3, -0.25) is 9.36 Å². The fourth-order valence-corrected chi connectivity index (χ4v) is 3.42. The maximum Gasteiger partial charge on any atom is 0.416 e. The Morgan fingerprint density at radius 3 is 2.69 bits per heavy atom. The summed E-state index contributed by atoms with van der Waals surface area (Å²) in [7, 11) is 0. The van der Waals surface area contributed by atoms with E-state index in [2.05, 4.69) is 9.97 Å². The third-order valence-corrected chi connectivity index (χ3v) is 4.88. The molecule has 3 aromatic rings. The third kappa shape index (κ3) is 3.86. The Kier molecular flexibility index (Phi) is 5.24. The van der Waals surface area contributed by atoms with Gasteiger partial charge in [-0.25, -0.2) is 9.97 Å². The minimum Gasteiger partial charge on any atom is -0.294 e. The largest absolute Gasteiger partial charge is 0.416 e. The highest BCUT2D eigenvalue weighted by molar-refractivity contribution is 7.99. The van der Waals surface area contributed by atoms with Gasteiger partial charge in [0, 0.05) is 11.1 Å². The lowest BCUT2D eigenvalue weighted by Gasteiger charge is -2.12. The SMILES string of the molecule is CCSc1cnc(Cl)cc1Cn1cnc2ccc(C(F)(F)F)cc2c1=O. The van der Waals surface area contributed by atoms with Gasteiger partial charge in [-0.15, -0.1) is 11.8 Å². The highest BCUT2D eigenvalue weighted by Crippen LogP contribution is 2.30. The van der Waals surface area contributed by atoms with Crippen LogP contribution in [-0.4, -0.2) is 20.3 Å². The van der Waals surface area contributed by atoms with Crippen molar-refractivity contribution < 1.29 is 13.2 Å². The zero-order chi connectivity index (χ0) is 18.9. The first-order valence-corrected chi connectivity index (χ1v) is 8.99. The summed E-state index contributed by atoms with van der Waals surface area (Å²) in [6, 6.07) is 4.59. The Balaban J connectivity index is 2.08. The molecule has 0 atom stereocenters. The quantitative estimate of drug-likeness (QED) is 0.474. The number of aromatic nitrogens is 3. The van der Waals surface area contributed by atoms with E-state index in [0.717, 1.165) is 28.3 Å². The molecule has 0 fully saturated rings. The minimum absolute atomic E-state index is 0.0767. The molecular weight excluding hydrogens is 387 g/mol. The van der Waals surface area contributed by atoms with Gasteiger partial charge in [0.1, 0.15) is 5.15 Å². The molecule has 0 bridgehead atoms. The molecule has 0 radical (unpaired) electrons. The van der Waals surface area contributed by atoms with Crippen LogP contribution in [0.3, 0.4) is 0 Å². The molecular formula is C17H13ClF3N3OS. The molecule has 0 saturated carbocycles. The number of hydrogen-bond donors (Lipinski definition) is 0. The Hall–Kier alpha value is -2.06. The second-order valence-corrected chi connectivity index (χ2v) is 7.15. The van der Waals surface area contributed by atoms with Crippen molar-refractivity contribution in [2.45, 2.75) is 24.5 Å². The number of rotatable bonds is 4. The summed E-state index contributed by atoms with van der Waals surface area (Å²) in [5.74, 6) is 0.802. The molecule has 0 aliphatic carbocycles. The molecule has 2 aromatic heterocycles. The molecule has 0 aliphatic heterocycles. The molecule has 0 spiro atoms. The van der Waals surface area contributed by atoms with Crippen molar-refractivity contribution in [3.63, 3.8) is 0 Å². The monoisotopic (exact) mass is 399 g/mol. The van der Waals surface area contributed by atoms with Gasteiger partial charge in [-0.2, -0.15) is 13.2 Å². The maximum atomic E-state index is 12.9. The molecule has 1 aromatic carbocycles. The van der Waals surface area contributed by atoms with Crippen LogP contribution in [0.5, 0.6) is 0 Å². The van der Waals surface area contributed by atoms with Crippen LogP contribution in [0.25, 0.3) is 10.9 Å². The lowest BCUT2D eigenvalue weighted by molar-refractivity contribution is -0.137. The standard InChI is InChI=1S/C17H13ClF3N3OS/c1-2-26-14-7-22-15(18)5-10(14)8-24-9-23-13-4-3-11(17(19,20)21)6-12(13)16(24)25/h3-7,9H,2,8H2,1H3. The molecule has 0 aliphatic rings. The number of nitrogens with zero attached hydrogens (tertiary/aromatic N) is 3. The highest BCUT2D eigenvalue weighted by Gasteiger charge is 2.30. The van der Waals surface area contributed by atoms with Crippen LogP contribution in [0.2, 0.25) is 5.15 Å². The van der Waals surface area contributed by atoms with Crippen LogP contribution < -0.4 is 5.56 Å². The van der Waals surface area contributed by atoms with Crippen molar-refractivity contribution in [3.05, 3.63) is 63.4 Å². The summed E-state index contributed by atoms with van der Waals surface area (Å²) in [5, 5.41) is 0.203. The molecule has 0 saturated heterocycles. The molecule has 0 unspecified atom stereocenters. The Morgan fingerprint density at radius 2 is 2.00 bits per heavy atom. The van der Waals surface area contributed by atoms with E-state index in [-0.39, 0.29) is 22.6 Å². The van der Waals surface area contributed by atoms with Crippen LogP contribution in [0.1, 0.15) is 18.1 Å². The molecule has 0 N–H and O–H groups in total. The zero-order valence-corrected chi connectivity index (χ0v) is 15.1. The number of fused-ring (bicyclic) bond motifs is 1. The molecule has 2 heterocycles. The second-order valence-electron chi connectivity index (χ2n) is 5.46. The fraction of sp³-hybridized carbons (Fsp3) is 0.235. The van der Waals surface area contributed by atoms with Gasteiger partial charge in [-0.05, 0) is 35.6 Å². The third-order valence-electron chi connectivity index (χ3n) is 3.71. The summed E-state index contributed by atoms with van der Waals surface area (Å²) in [6.45, 7) is 2.12. The van der Waals surface area contributed by atoms with Gasteiger partial charge >= 0.3 is 6.18 Å². The summed E-state index contributed by atoms with van der Waals surface area (Å²) < 4.78 is 40.0. The highest BCUT2D eigenvalue weighted by atomic mass is 35.5. The number of pyridine rings is 1. The van der Waals surface area contributed by atoms with E-state index in [4.69, 9.17) is 11.6 Å². The summed E-state index contributed by atoms with van der Waals surface area (Å²) in [4.78, 5) is 21.6. The van der Waals surface area contributed by atoms with Crippen LogP contribution in [0.4, 0.5) is 13.2 Å². The fourth-order valence-electron chi connectivity index (χ4n) is 2.50. The van der Waals surface area contributed by atoms with Crippen molar-refractivity contribution in [2.75, 3.05) is 5.75 Å². The molecule has 26 heavy (non-hydrogen) atoms. The maximum absolute atomic E-state index is 12.9. The van der Waals surface area contributed by atoms with E-state index in [9.17, 15) is 18.0 Å². The lowest BCUT2D eigenvalue weighted by Crippen LogP contribution is -2.22. The molecule has 0 amide bonds. The number of benzene rings is 1. The topological polar surface area (TPSA) is 47.8 Å². The first-order valence-electron chi connectivity index (χ1n) is 7.63. The first-order chi connectivity index (χ1) is 12.3. The van der Waals surface area contributed by atoms with E-state index in [1.165, 1.54) is 28.7 Å². The zero-order valence-electron chi connectivity index (χ0n) is 13.5. The van der Waals surface area contributed by atoms with Crippen LogP contribution >= 0.6 is 23.4 Å². The van der Waals surface area contributed by atoms with Crippen molar-refractivity contribution >= 4 is 34.3 Å². The summed E-state index contributed by atoms with van der Waals surface area (Å²) in [6.07, 6.45) is -1.58. The van der Waals surface area contributed by atoms with E-state index >= 15 is 0 Å². The first kappa shape index (κ1) is 18.7. The van der Waals surface area contributed by atoms with Crippen molar-refractivity contribution in [3.8, 4) is 0 Å². The number of alkyl halides is 3. The van der Waals surface area contributed by atoms with Crippen molar-refractivity contribution in [2.24, 2.45) is 0 Å². The van der Waals surface area contributed by atoms with E-state index in [1.807, 2.05) is 6.92 Å². The van der Waals surface area contributed by atoms with Crippen LogP contribution in [0.15, 0.2) is 46.5 Å². The van der Waals surface area contributed by atoms with Gasteiger partial charge in [0.2, 0.25) is 0 Å². The van der Waals surface area contributed by atoms with Gasteiger partial charge < -0.3 is 0 Å². The molecule has 3 rings (SSSR count). The average Bonchev–Trinajstić information content (AvgIpc) is 2.59. The number of hydrogen-bond acceptors (Lipinski definition) is 4. The summed E-state index contributed by atoms with van der Waals surface area (Å²) >= 11 is 7.48. The average molecular weight is 400 g/mol. The van der Waals surface area contributed by atoms with Crippen molar-refractivity contribution in [1.82, 2.24) is 14.5 Å². The van der Waals surface area contributed by atoms with E-state index in [0.29, 0.717) is 0 Å². The number of thioether (sulfide) groups is 1. The second kappa shape index (κ2) is 7.28. The smallest absolute Gasteiger partial charge is 0.294 e. The van der Waals surface area contributed by atoms with E-state index in [1.54, 1.807) is 12.3 Å². The lowest BCUT2D eigenvalue weighted by atomic mass is 10.1. The molecule has 4 nitrogen and oxygen atoms in total. The van der Waals surface area contributed by atoms with Gasteiger partial charge in [0.05, 0.1) is 29.3 Å². The minimum atomic E-state index is -4.52. The molecule has 9 heteroatoms. The Bertz CT molecular complexity index is 1020. The van der Waals surface area contributed by atoms with Crippen molar-refractivity contribution in [1.29, 1.82) is 0 Å². The predicted octanol–water partition coefficient (Wildman–Crippen LogP) is 4.62. The van der Waals surface area contributed by atoms with Gasteiger partial charge in [0.15, 0.2) is 0 Å². The van der Waals surface area contributed by atoms with Crippen LogP contribution in [-0.2, 0) is 12.7 Å². The van der Waals surface area contributed by atoms with Gasteiger partial charge in [-0.1, -0.05) is 18.5 Å². The Labute approximate surface area is 156 Å². The van der Waals surface area contributed by atoms with Crippen LogP contribution in [0, 0.1) is 0 Å². The predicted molar refractivity (Wildman–Crippen MR) is 95.8 cm³/mol. The normalized spacial score (nSPS) is 11.9. The van der Waals surface area contributed by atoms with E-state index < -0.39 is 17.3 Å². The molecule has 136 valence electrons. The summed E-state index contributed by atoms with van der Waals surface area (Å²) in [5.41, 5.74) is -0.445. The van der Waals surface area contributed by atoms with Gasteiger partial charge in [0.25, 0.3) is 5.56 Å². The Morgan fingerprint density at radius 1 is 1.23 bits per heavy atom.